The third-order valence-corrected chi connectivity index (χ3v) is 4.49. The highest BCUT2D eigenvalue weighted by Crippen LogP contribution is 2.28. The fourth-order valence-corrected chi connectivity index (χ4v) is 3.32. The van der Waals surface area contributed by atoms with Crippen molar-refractivity contribution in [3.05, 3.63) is 44.3 Å². The molecule has 1 atom stereocenters. The average Bonchev–Trinajstić information content (AvgIpc) is 2.90. The van der Waals surface area contributed by atoms with Gasteiger partial charge in [-0.25, -0.2) is 9.78 Å². The fraction of sp³-hybridized carbons (Fsp3) is 0.286. The third-order valence-electron chi connectivity index (χ3n) is 3.23. The van der Waals surface area contributed by atoms with E-state index in [-0.39, 0.29) is 11.7 Å². The number of nitrogens with zero attached hydrogens (tertiary/aromatic N) is 1. The number of aromatic amines is 2. The Labute approximate surface area is 120 Å². The summed E-state index contributed by atoms with van der Waals surface area (Å²) in [6, 6.07) is 5.98. The van der Waals surface area contributed by atoms with Crippen LogP contribution in [-0.2, 0) is 0 Å². The Morgan fingerprint density at radius 1 is 1.25 bits per heavy atom. The number of rotatable bonds is 3. The summed E-state index contributed by atoms with van der Waals surface area (Å²) in [5.74, 6) is 0. The van der Waals surface area contributed by atoms with E-state index >= 15 is 0 Å². The normalized spacial score (nSPS) is 12.8. The number of thiazole rings is 1. The molecule has 2 aromatic heterocycles. The van der Waals surface area contributed by atoms with E-state index in [0.717, 1.165) is 27.4 Å². The van der Waals surface area contributed by atoms with E-state index in [9.17, 15) is 4.79 Å². The van der Waals surface area contributed by atoms with E-state index in [1.807, 2.05) is 32.0 Å². The predicted molar refractivity (Wildman–Crippen MR) is 82.5 cm³/mol. The average molecular weight is 288 g/mol. The van der Waals surface area contributed by atoms with E-state index in [2.05, 4.69) is 27.2 Å². The molecule has 0 bridgehead atoms. The highest BCUT2D eigenvalue weighted by Gasteiger charge is 2.13. The molecule has 1 unspecified atom stereocenters. The Morgan fingerprint density at radius 3 is 2.70 bits per heavy atom. The predicted octanol–water partition coefficient (Wildman–Crippen LogP) is 3.10. The fourth-order valence-electron chi connectivity index (χ4n) is 2.39. The van der Waals surface area contributed by atoms with Gasteiger partial charge < -0.3 is 15.3 Å². The molecule has 0 aliphatic heterocycles. The Balaban J connectivity index is 1.88. The van der Waals surface area contributed by atoms with Crippen LogP contribution in [0.3, 0.4) is 0 Å². The lowest BCUT2D eigenvalue weighted by Gasteiger charge is -2.14. The number of imidazole rings is 1. The van der Waals surface area contributed by atoms with Gasteiger partial charge in [-0.3, -0.25) is 0 Å². The van der Waals surface area contributed by atoms with Gasteiger partial charge in [0.25, 0.3) is 0 Å². The molecular weight excluding hydrogens is 272 g/mol. The van der Waals surface area contributed by atoms with E-state index in [1.165, 1.54) is 4.88 Å². The van der Waals surface area contributed by atoms with Crippen molar-refractivity contribution in [2.75, 3.05) is 5.32 Å². The zero-order valence-electron chi connectivity index (χ0n) is 11.6. The van der Waals surface area contributed by atoms with Crippen LogP contribution in [0.2, 0.25) is 0 Å². The zero-order valence-corrected chi connectivity index (χ0v) is 12.4. The van der Waals surface area contributed by atoms with E-state index in [4.69, 9.17) is 0 Å². The van der Waals surface area contributed by atoms with Crippen LogP contribution in [0, 0.1) is 13.8 Å². The number of hydrogen-bond donors (Lipinski definition) is 3. The number of H-pyrrole nitrogens is 2. The molecule has 1 aromatic carbocycles. The van der Waals surface area contributed by atoms with Crippen molar-refractivity contribution in [2.24, 2.45) is 0 Å². The minimum absolute atomic E-state index is 0.181. The molecule has 0 amide bonds. The van der Waals surface area contributed by atoms with Crippen molar-refractivity contribution in [3.63, 3.8) is 0 Å². The molecule has 0 radical (unpaired) electrons. The van der Waals surface area contributed by atoms with Crippen LogP contribution < -0.4 is 11.0 Å². The number of fused-ring (bicyclic) bond motifs is 1. The maximum Gasteiger partial charge on any atom is 0.323 e. The first-order valence-corrected chi connectivity index (χ1v) is 7.27. The molecule has 2 heterocycles. The Morgan fingerprint density at radius 2 is 2.00 bits per heavy atom. The molecule has 0 aliphatic rings. The number of aryl methyl sites for hydroxylation is 2. The van der Waals surface area contributed by atoms with Gasteiger partial charge in [0.05, 0.1) is 27.8 Å². The monoisotopic (exact) mass is 288 g/mol. The highest BCUT2D eigenvalue weighted by atomic mass is 32.1. The second-order valence-corrected chi connectivity index (χ2v) is 6.12. The lowest BCUT2D eigenvalue weighted by atomic mass is 10.2. The number of aromatic nitrogens is 3. The Kier molecular flexibility index (Phi) is 3.10. The van der Waals surface area contributed by atoms with Crippen LogP contribution in [0.25, 0.3) is 11.0 Å². The van der Waals surface area contributed by atoms with Gasteiger partial charge in [-0.05, 0) is 39.0 Å². The minimum Gasteiger partial charge on any atom is -0.378 e. The molecule has 104 valence electrons. The second-order valence-electron chi connectivity index (χ2n) is 4.89. The summed E-state index contributed by atoms with van der Waals surface area (Å²) < 4.78 is 0. The van der Waals surface area contributed by atoms with Crippen LogP contribution in [0.15, 0.2) is 23.0 Å². The highest BCUT2D eigenvalue weighted by molar-refractivity contribution is 7.11. The first-order valence-electron chi connectivity index (χ1n) is 6.45. The van der Waals surface area contributed by atoms with Gasteiger partial charge in [0.2, 0.25) is 0 Å². The first-order chi connectivity index (χ1) is 9.52. The summed E-state index contributed by atoms with van der Waals surface area (Å²) in [7, 11) is 0. The summed E-state index contributed by atoms with van der Waals surface area (Å²) in [6.45, 7) is 6.17. The molecule has 0 saturated heterocycles. The van der Waals surface area contributed by atoms with Gasteiger partial charge in [-0.2, -0.15) is 0 Å². The molecule has 6 heteroatoms. The summed E-state index contributed by atoms with van der Waals surface area (Å²) in [6.07, 6.45) is 0. The number of benzene rings is 1. The molecule has 0 saturated carbocycles. The van der Waals surface area contributed by atoms with Crippen molar-refractivity contribution in [1.29, 1.82) is 0 Å². The van der Waals surface area contributed by atoms with Crippen LogP contribution in [0.1, 0.15) is 28.5 Å². The number of anilines is 1. The van der Waals surface area contributed by atoms with Crippen LogP contribution in [0.4, 0.5) is 5.69 Å². The Bertz CT molecular complexity index is 814. The Hall–Kier alpha value is -2.08. The van der Waals surface area contributed by atoms with Crippen molar-refractivity contribution >= 4 is 28.1 Å². The van der Waals surface area contributed by atoms with Crippen LogP contribution in [-0.4, -0.2) is 15.0 Å². The maximum atomic E-state index is 11.3. The lowest BCUT2D eigenvalue weighted by Crippen LogP contribution is -2.06. The van der Waals surface area contributed by atoms with Gasteiger partial charge in [0, 0.05) is 10.6 Å². The quantitative estimate of drug-likeness (QED) is 0.693. The van der Waals surface area contributed by atoms with E-state index < -0.39 is 0 Å². The minimum atomic E-state index is -0.181. The van der Waals surface area contributed by atoms with E-state index in [1.54, 1.807) is 11.3 Å². The van der Waals surface area contributed by atoms with Gasteiger partial charge in [-0.1, -0.05) is 0 Å². The smallest absolute Gasteiger partial charge is 0.323 e. The second kappa shape index (κ2) is 4.79. The largest absolute Gasteiger partial charge is 0.378 e. The number of hydrogen-bond acceptors (Lipinski definition) is 4. The molecule has 3 aromatic rings. The number of nitrogens with one attached hydrogen (secondary N) is 3. The van der Waals surface area contributed by atoms with Crippen molar-refractivity contribution in [1.82, 2.24) is 15.0 Å². The molecule has 3 N–H and O–H groups in total. The summed E-state index contributed by atoms with van der Waals surface area (Å²) in [5, 5.41) is 4.53. The van der Waals surface area contributed by atoms with Gasteiger partial charge in [0.1, 0.15) is 0 Å². The van der Waals surface area contributed by atoms with E-state index in [0.29, 0.717) is 0 Å². The maximum absolute atomic E-state index is 11.3. The topological polar surface area (TPSA) is 73.6 Å². The summed E-state index contributed by atoms with van der Waals surface area (Å²) in [4.78, 5) is 22.4. The standard InChI is InChI=1S/C14H16N4OS/c1-7-13(20-9(3)15-7)8(2)16-10-4-5-11-12(6-10)18-14(19)17-11/h4-6,8,16H,1-3H3,(H2,17,18,19). The summed E-state index contributed by atoms with van der Waals surface area (Å²) in [5.41, 5.74) is 3.50. The third kappa shape index (κ3) is 2.34. The molecule has 3 rings (SSSR count). The molecule has 0 spiro atoms. The molecule has 20 heavy (non-hydrogen) atoms. The molecule has 0 fully saturated rings. The molecule has 5 nitrogen and oxygen atoms in total. The van der Waals surface area contributed by atoms with Crippen molar-refractivity contribution in [3.8, 4) is 0 Å². The van der Waals surface area contributed by atoms with Crippen LogP contribution >= 0.6 is 11.3 Å². The SMILES string of the molecule is Cc1nc(C)c(C(C)Nc2ccc3[nH]c(=O)[nH]c3c2)s1. The van der Waals surface area contributed by atoms with Gasteiger partial charge >= 0.3 is 5.69 Å². The van der Waals surface area contributed by atoms with Crippen molar-refractivity contribution < 1.29 is 0 Å². The summed E-state index contributed by atoms with van der Waals surface area (Å²) >= 11 is 1.71. The molecular formula is C14H16N4OS. The zero-order chi connectivity index (χ0) is 14.3. The van der Waals surface area contributed by atoms with Crippen LogP contribution in [0.5, 0.6) is 0 Å². The van der Waals surface area contributed by atoms with Gasteiger partial charge in [-0.15, -0.1) is 11.3 Å². The van der Waals surface area contributed by atoms with Gasteiger partial charge in [0.15, 0.2) is 0 Å². The van der Waals surface area contributed by atoms with Crippen molar-refractivity contribution in [2.45, 2.75) is 26.8 Å². The lowest BCUT2D eigenvalue weighted by molar-refractivity contribution is 0.890. The first kappa shape index (κ1) is 12.9. The molecule has 0 aliphatic carbocycles.